The molecule has 0 amide bonds. The molecule has 0 bridgehead atoms. The van der Waals surface area contributed by atoms with Gasteiger partial charge in [-0.25, -0.2) is 0 Å². The Morgan fingerprint density at radius 2 is 1.54 bits per heavy atom. The minimum Gasteiger partial charge on any atom is -0.360 e. The summed E-state index contributed by atoms with van der Waals surface area (Å²) in [5.41, 5.74) is 1.33. The summed E-state index contributed by atoms with van der Waals surface area (Å²) in [6.45, 7) is 3.24. The van der Waals surface area contributed by atoms with Crippen LogP contribution in [0.4, 0.5) is 0 Å². The fraction of sp³-hybridized carbons (Fsp3) is 0.632. The Hall–Kier alpha value is -0.840. The van der Waals surface area contributed by atoms with Crippen molar-refractivity contribution in [2.75, 3.05) is 13.1 Å². The van der Waals surface area contributed by atoms with Crippen LogP contribution >= 0.6 is 23.8 Å². The van der Waals surface area contributed by atoms with E-state index in [-0.39, 0.29) is 0 Å². The van der Waals surface area contributed by atoms with Gasteiger partial charge in [-0.15, -0.1) is 0 Å². The molecular weight excluding hydrogens is 338 g/mol. The van der Waals surface area contributed by atoms with Gasteiger partial charge in [0.15, 0.2) is 5.11 Å². The first-order chi connectivity index (χ1) is 11.7. The van der Waals surface area contributed by atoms with Gasteiger partial charge < -0.3 is 10.6 Å². The number of piperidine rings is 1. The summed E-state index contributed by atoms with van der Waals surface area (Å²) in [5.74, 6) is 0. The molecule has 3 nitrogen and oxygen atoms in total. The van der Waals surface area contributed by atoms with Crippen LogP contribution < -0.4 is 10.6 Å². The van der Waals surface area contributed by atoms with Crippen molar-refractivity contribution in [3.05, 3.63) is 34.9 Å². The molecule has 0 unspecified atom stereocenters. The number of halogens is 1. The average molecular weight is 366 g/mol. The minimum atomic E-state index is 0.509. The maximum absolute atomic E-state index is 5.95. The summed E-state index contributed by atoms with van der Waals surface area (Å²) in [4.78, 5) is 2.51. The van der Waals surface area contributed by atoms with Gasteiger partial charge in [0.1, 0.15) is 0 Å². The Morgan fingerprint density at radius 3 is 2.17 bits per heavy atom. The monoisotopic (exact) mass is 365 g/mol. The normalized spacial score (nSPS) is 20.7. The molecule has 132 valence electrons. The summed E-state index contributed by atoms with van der Waals surface area (Å²) < 4.78 is 0. The van der Waals surface area contributed by atoms with Crippen molar-refractivity contribution in [2.45, 2.75) is 63.6 Å². The predicted octanol–water partition coefficient (Wildman–Crippen LogP) is 4.10. The number of thiocarbonyl (C=S) groups is 1. The number of nitrogens with one attached hydrogen (secondary N) is 2. The second-order valence-electron chi connectivity index (χ2n) is 7.13. The number of hydrogen-bond donors (Lipinski definition) is 2. The van der Waals surface area contributed by atoms with Crippen molar-refractivity contribution < 1.29 is 0 Å². The van der Waals surface area contributed by atoms with E-state index in [1.54, 1.807) is 0 Å². The van der Waals surface area contributed by atoms with E-state index in [4.69, 9.17) is 23.8 Å². The van der Waals surface area contributed by atoms with Gasteiger partial charge in [0.2, 0.25) is 0 Å². The van der Waals surface area contributed by atoms with Gasteiger partial charge in [-0.05, 0) is 55.6 Å². The molecule has 0 spiro atoms. The first-order valence-electron chi connectivity index (χ1n) is 9.23. The van der Waals surface area contributed by atoms with Gasteiger partial charge in [0.05, 0.1) is 0 Å². The summed E-state index contributed by atoms with van der Waals surface area (Å²) in [6, 6.07) is 9.28. The molecule has 24 heavy (non-hydrogen) atoms. The molecule has 1 aliphatic carbocycles. The highest BCUT2D eigenvalue weighted by molar-refractivity contribution is 7.80. The fourth-order valence-electron chi connectivity index (χ4n) is 3.74. The fourth-order valence-corrected chi connectivity index (χ4v) is 4.20. The molecule has 1 aromatic rings. The third kappa shape index (κ3) is 5.61. The maximum Gasteiger partial charge on any atom is 0.166 e. The van der Waals surface area contributed by atoms with Crippen LogP contribution in [-0.4, -0.2) is 35.2 Å². The lowest BCUT2D eigenvalue weighted by atomic mass is 9.96. The molecule has 0 atom stereocenters. The van der Waals surface area contributed by atoms with Gasteiger partial charge in [-0.3, -0.25) is 4.90 Å². The van der Waals surface area contributed by atoms with Crippen LogP contribution in [-0.2, 0) is 6.54 Å². The predicted molar refractivity (Wildman–Crippen MR) is 105 cm³/mol. The second kappa shape index (κ2) is 9.02. The number of rotatable bonds is 4. The third-order valence-electron chi connectivity index (χ3n) is 5.18. The molecule has 1 heterocycles. The first kappa shape index (κ1) is 18.0. The highest BCUT2D eigenvalue weighted by atomic mass is 35.5. The number of hydrogen-bond acceptors (Lipinski definition) is 2. The molecule has 2 fully saturated rings. The quantitative estimate of drug-likeness (QED) is 0.785. The Labute approximate surface area is 156 Å². The third-order valence-corrected chi connectivity index (χ3v) is 5.67. The summed E-state index contributed by atoms with van der Waals surface area (Å²) in [7, 11) is 0. The number of nitrogens with zero attached hydrogens (tertiary/aromatic N) is 1. The molecule has 1 saturated heterocycles. The lowest BCUT2D eigenvalue weighted by Crippen LogP contribution is -2.50. The van der Waals surface area contributed by atoms with Crippen LogP contribution in [0.3, 0.4) is 0 Å². The van der Waals surface area contributed by atoms with E-state index >= 15 is 0 Å². The Balaban J connectivity index is 1.37. The van der Waals surface area contributed by atoms with E-state index in [2.05, 4.69) is 27.7 Å². The maximum atomic E-state index is 5.95. The van der Waals surface area contributed by atoms with E-state index in [1.165, 1.54) is 37.7 Å². The minimum absolute atomic E-state index is 0.509. The molecule has 1 saturated carbocycles. The van der Waals surface area contributed by atoms with E-state index < -0.39 is 0 Å². The number of likely N-dealkylation sites (tertiary alicyclic amines) is 1. The molecule has 2 N–H and O–H groups in total. The highest BCUT2D eigenvalue weighted by Gasteiger charge is 2.21. The van der Waals surface area contributed by atoms with Gasteiger partial charge in [-0.2, -0.15) is 0 Å². The van der Waals surface area contributed by atoms with Crippen molar-refractivity contribution in [3.8, 4) is 0 Å². The van der Waals surface area contributed by atoms with E-state index in [1.807, 2.05) is 12.1 Å². The zero-order chi connectivity index (χ0) is 16.8. The Kier molecular flexibility index (Phi) is 6.75. The zero-order valence-corrected chi connectivity index (χ0v) is 15.8. The van der Waals surface area contributed by atoms with Crippen molar-refractivity contribution >= 4 is 28.9 Å². The van der Waals surface area contributed by atoms with Crippen molar-refractivity contribution in [1.29, 1.82) is 0 Å². The average Bonchev–Trinajstić information content (AvgIpc) is 2.59. The van der Waals surface area contributed by atoms with Crippen LogP contribution in [0.25, 0.3) is 0 Å². The SMILES string of the molecule is S=C(NC1CCCCC1)NC1CCN(Cc2ccc(Cl)cc2)CC1. The standard InChI is InChI=1S/C19H28ClN3S/c20-16-8-6-15(7-9-16)14-23-12-10-18(11-13-23)22-19(24)21-17-4-2-1-3-5-17/h6-9,17-18H,1-5,10-14H2,(H2,21,22,24). The van der Waals surface area contributed by atoms with Crippen molar-refractivity contribution in [2.24, 2.45) is 0 Å². The van der Waals surface area contributed by atoms with E-state index in [0.717, 1.165) is 42.6 Å². The van der Waals surface area contributed by atoms with Crippen molar-refractivity contribution in [3.63, 3.8) is 0 Å². The smallest absolute Gasteiger partial charge is 0.166 e. The zero-order valence-electron chi connectivity index (χ0n) is 14.3. The summed E-state index contributed by atoms with van der Waals surface area (Å²) >= 11 is 11.5. The molecule has 0 radical (unpaired) electrons. The molecule has 1 aromatic carbocycles. The van der Waals surface area contributed by atoms with Crippen molar-refractivity contribution in [1.82, 2.24) is 15.5 Å². The van der Waals surface area contributed by atoms with Gasteiger partial charge in [0, 0.05) is 36.7 Å². The van der Waals surface area contributed by atoms with E-state index in [9.17, 15) is 0 Å². The van der Waals surface area contributed by atoms with Gasteiger partial charge >= 0.3 is 0 Å². The summed E-state index contributed by atoms with van der Waals surface area (Å²) in [5, 5.41) is 8.72. The van der Waals surface area contributed by atoms with Gasteiger partial charge in [-0.1, -0.05) is 43.0 Å². The summed E-state index contributed by atoms with van der Waals surface area (Å²) in [6.07, 6.45) is 8.89. The van der Waals surface area contributed by atoms with Crippen LogP contribution in [0.5, 0.6) is 0 Å². The topological polar surface area (TPSA) is 27.3 Å². The highest BCUT2D eigenvalue weighted by Crippen LogP contribution is 2.18. The Morgan fingerprint density at radius 1 is 0.958 bits per heavy atom. The lowest BCUT2D eigenvalue weighted by Gasteiger charge is -2.34. The molecular formula is C19H28ClN3S. The largest absolute Gasteiger partial charge is 0.360 e. The van der Waals surface area contributed by atoms with Crippen LogP contribution in [0, 0.1) is 0 Å². The van der Waals surface area contributed by atoms with Gasteiger partial charge in [0.25, 0.3) is 0 Å². The molecule has 1 aliphatic heterocycles. The second-order valence-corrected chi connectivity index (χ2v) is 7.97. The molecule has 5 heteroatoms. The Bertz CT molecular complexity index is 520. The number of benzene rings is 1. The van der Waals surface area contributed by atoms with Crippen LogP contribution in [0.15, 0.2) is 24.3 Å². The molecule has 3 rings (SSSR count). The van der Waals surface area contributed by atoms with Crippen LogP contribution in [0.2, 0.25) is 5.02 Å². The molecule has 2 aliphatic rings. The van der Waals surface area contributed by atoms with E-state index in [0.29, 0.717) is 12.1 Å². The first-order valence-corrected chi connectivity index (χ1v) is 10.0. The van der Waals surface area contributed by atoms with Crippen LogP contribution in [0.1, 0.15) is 50.5 Å². The molecule has 0 aromatic heterocycles. The lowest BCUT2D eigenvalue weighted by molar-refractivity contribution is 0.198.